The van der Waals surface area contributed by atoms with E-state index in [9.17, 15) is 4.79 Å². The van der Waals surface area contributed by atoms with Gasteiger partial charge >= 0.3 is 0 Å². The van der Waals surface area contributed by atoms with Gasteiger partial charge in [-0.1, -0.05) is 0 Å². The Morgan fingerprint density at radius 1 is 1.54 bits per heavy atom. The van der Waals surface area contributed by atoms with Gasteiger partial charge in [0.15, 0.2) is 0 Å². The molecule has 0 aromatic heterocycles. The number of nitrogens with two attached hydrogens (primary N) is 1. The summed E-state index contributed by atoms with van der Waals surface area (Å²) in [6.07, 6.45) is 0. The predicted molar refractivity (Wildman–Crippen MR) is 55.0 cm³/mol. The highest BCUT2D eigenvalue weighted by Gasteiger charge is 2.20. The molecule has 3 nitrogen and oxygen atoms in total. The lowest BCUT2D eigenvalue weighted by atomic mass is 10.2. The van der Waals surface area contributed by atoms with Crippen LogP contribution in [-0.4, -0.2) is 18.7 Å². The molecule has 0 fully saturated rings. The quantitative estimate of drug-likeness (QED) is 0.634. The second-order valence-electron chi connectivity index (χ2n) is 2.97. The van der Waals surface area contributed by atoms with Gasteiger partial charge in [-0.05, 0) is 18.2 Å². The first-order valence-electron chi connectivity index (χ1n) is 3.97. The van der Waals surface area contributed by atoms with Gasteiger partial charge in [-0.2, -0.15) is 0 Å². The summed E-state index contributed by atoms with van der Waals surface area (Å²) in [7, 11) is 1.79. The molecule has 4 heteroatoms. The molecule has 0 atom stereocenters. The molecule has 1 amide bonds. The molecule has 2 rings (SSSR count). The molecule has 2 N–H and O–H groups in total. The molecule has 0 bridgehead atoms. The average Bonchev–Trinajstić information content (AvgIpc) is 2.12. The van der Waals surface area contributed by atoms with Crippen molar-refractivity contribution in [1.82, 2.24) is 0 Å². The molecule has 0 spiro atoms. The SMILES string of the molecule is CN1C(=O)CSc2cc(N)ccc21. The fourth-order valence-electron chi connectivity index (χ4n) is 1.29. The number of anilines is 2. The third-order valence-electron chi connectivity index (χ3n) is 2.07. The maximum absolute atomic E-state index is 11.3. The molecule has 68 valence electrons. The van der Waals surface area contributed by atoms with Crippen molar-refractivity contribution in [3.8, 4) is 0 Å². The van der Waals surface area contributed by atoms with Crippen LogP contribution in [0.5, 0.6) is 0 Å². The Balaban J connectivity index is 2.49. The summed E-state index contributed by atoms with van der Waals surface area (Å²) in [5.74, 6) is 0.648. The molecule has 1 aliphatic heterocycles. The van der Waals surface area contributed by atoms with Crippen molar-refractivity contribution in [2.24, 2.45) is 0 Å². The molecular weight excluding hydrogens is 184 g/mol. The van der Waals surface area contributed by atoms with E-state index in [2.05, 4.69) is 0 Å². The Labute approximate surface area is 80.9 Å². The first kappa shape index (κ1) is 8.44. The van der Waals surface area contributed by atoms with Crippen LogP contribution in [0.1, 0.15) is 0 Å². The van der Waals surface area contributed by atoms with Gasteiger partial charge in [-0.25, -0.2) is 0 Å². The van der Waals surface area contributed by atoms with E-state index >= 15 is 0 Å². The van der Waals surface area contributed by atoms with Crippen molar-refractivity contribution in [2.45, 2.75) is 4.90 Å². The van der Waals surface area contributed by atoms with Gasteiger partial charge < -0.3 is 10.6 Å². The maximum atomic E-state index is 11.3. The van der Waals surface area contributed by atoms with E-state index in [-0.39, 0.29) is 5.91 Å². The maximum Gasteiger partial charge on any atom is 0.237 e. The fourth-order valence-corrected chi connectivity index (χ4v) is 2.34. The number of carbonyl (C=O) groups excluding carboxylic acids is 1. The third kappa shape index (κ3) is 1.37. The Kier molecular flexibility index (Phi) is 1.92. The van der Waals surface area contributed by atoms with Crippen molar-refractivity contribution in [3.05, 3.63) is 18.2 Å². The zero-order chi connectivity index (χ0) is 9.42. The average molecular weight is 194 g/mol. The highest BCUT2D eigenvalue weighted by atomic mass is 32.2. The Bertz CT molecular complexity index is 365. The summed E-state index contributed by atoms with van der Waals surface area (Å²) in [5.41, 5.74) is 7.34. The van der Waals surface area contributed by atoms with Crippen LogP contribution in [-0.2, 0) is 4.79 Å². The van der Waals surface area contributed by atoms with E-state index in [0.29, 0.717) is 5.75 Å². The van der Waals surface area contributed by atoms with Gasteiger partial charge in [0.1, 0.15) is 0 Å². The minimum atomic E-state index is 0.141. The Morgan fingerprint density at radius 2 is 2.31 bits per heavy atom. The smallest absolute Gasteiger partial charge is 0.237 e. The second kappa shape index (κ2) is 2.96. The first-order valence-corrected chi connectivity index (χ1v) is 4.96. The largest absolute Gasteiger partial charge is 0.399 e. The normalized spacial score (nSPS) is 15.8. The second-order valence-corrected chi connectivity index (χ2v) is 3.99. The minimum Gasteiger partial charge on any atom is -0.399 e. The molecule has 0 unspecified atom stereocenters. The van der Waals surface area contributed by atoms with E-state index < -0.39 is 0 Å². The van der Waals surface area contributed by atoms with Gasteiger partial charge in [0.05, 0.1) is 11.4 Å². The molecule has 0 saturated heterocycles. The monoisotopic (exact) mass is 194 g/mol. The molecule has 0 saturated carbocycles. The van der Waals surface area contributed by atoms with Crippen LogP contribution in [0.15, 0.2) is 23.1 Å². The van der Waals surface area contributed by atoms with Crippen LogP contribution in [0.4, 0.5) is 11.4 Å². The lowest BCUT2D eigenvalue weighted by Crippen LogP contribution is -2.31. The van der Waals surface area contributed by atoms with Crippen molar-refractivity contribution in [2.75, 3.05) is 23.4 Å². The van der Waals surface area contributed by atoms with E-state index in [1.807, 2.05) is 18.2 Å². The Morgan fingerprint density at radius 3 is 3.08 bits per heavy atom. The topological polar surface area (TPSA) is 46.3 Å². The predicted octanol–water partition coefficient (Wildman–Crippen LogP) is 1.34. The van der Waals surface area contributed by atoms with Crippen LogP contribution >= 0.6 is 11.8 Å². The lowest BCUT2D eigenvalue weighted by molar-refractivity contribution is -0.116. The van der Waals surface area contributed by atoms with Crippen molar-refractivity contribution in [3.63, 3.8) is 0 Å². The highest BCUT2D eigenvalue weighted by Crippen LogP contribution is 2.35. The highest BCUT2D eigenvalue weighted by molar-refractivity contribution is 8.00. The first-order chi connectivity index (χ1) is 6.18. The van der Waals surface area contributed by atoms with Gasteiger partial charge in [-0.15, -0.1) is 11.8 Å². The summed E-state index contributed by atoms with van der Waals surface area (Å²) < 4.78 is 0. The fraction of sp³-hybridized carbons (Fsp3) is 0.222. The summed E-state index contributed by atoms with van der Waals surface area (Å²) in [6, 6.07) is 5.60. The lowest BCUT2D eigenvalue weighted by Gasteiger charge is -2.25. The van der Waals surface area contributed by atoms with Crippen molar-refractivity contribution < 1.29 is 4.79 Å². The van der Waals surface area contributed by atoms with E-state index in [1.54, 1.807) is 23.7 Å². The van der Waals surface area contributed by atoms with Crippen LogP contribution < -0.4 is 10.6 Å². The number of thioether (sulfide) groups is 1. The third-order valence-corrected chi connectivity index (χ3v) is 3.10. The summed E-state index contributed by atoms with van der Waals surface area (Å²) in [4.78, 5) is 14.1. The number of nitrogen functional groups attached to an aromatic ring is 1. The molecule has 0 radical (unpaired) electrons. The van der Waals surface area contributed by atoms with Gasteiger partial charge in [0, 0.05) is 17.6 Å². The number of nitrogens with zero attached hydrogens (tertiary/aromatic N) is 1. The molecule has 1 heterocycles. The van der Waals surface area contributed by atoms with Gasteiger partial charge in [0.2, 0.25) is 5.91 Å². The van der Waals surface area contributed by atoms with Crippen LogP contribution in [0.25, 0.3) is 0 Å². The molecule has 1 aliphatic rings. The molecule has 1 aromatic rings. The standard InChI is InChI=1S/C9H10N2OS/c1-11-7-3-2-6(10)4-8(7)13-5-9(11)12/h2-4H,5,10H2,1H3. The molecule has 13 heavy (non-hydrogen) atoms. The zero-order valence-corrected chi connectivity index (χ0v) is 8.10. The van der Waals surface area contributed by atoms with Crippen LogP contribution in [0.2, 0.25) is 0 Å². The van der Waals surface area contributed by atoms with Crippen LogP contribution in [0, 0.1) is 0 Å². The number of amides is 1. The Hall–Kier alpha value is -1.16. The number of hydrogen-bond acceptors (Lipinski definition) is 3. The summed E-state index contributed by atoms with van der Waals surface area (Å²) in [5, 5.41) is 0. The summed E-state index contributed by atoms with van der Waals surface area (Å²) >= 11 is 1.54. The van der Waals surface area contributed by atoms with Gasteiger partial charge in [0.25, 0.3) is 0 Å². The van der Waals surface area contributed by atoms with Crippen LogP contribution in [0.3, 0.4) is 0 Å². The molecular formula is C9H10N2OS. The van der Waals surface area contributed by atoms with Gasteiger partial charge in [-0.3, -0.25) is 4.79 Å². The van der Waals surface area contributed by atoms with E-state index in [0.717, 1.165) is 16.3 Å². The molecule has 0 aliphatic carbocycles. The number of benzene rings is 1. The van der Waals surface area contributed by atoms with E-state index in [1.165, 1.54) is 0 Å². The number of rotatable bonds is 0. The zero-order valence-electron chi connectivity index (χ0n) is 7.28. The van der Waals surface area contributed by atoms with Crippen molar-refractivity contribution in [1.29, 1.82) is 0 Å². The summed E-state index contributed by atoms with van der Waals surface area (Å²) in [6.45, 7) is 0. The number of hydrogen-bond donors (Lipinski definition) is 1. The number of fused-ring (bicyclic) bond motifs is 1. The minimum absolute atomic E-state index is 0.141. The van der Waals surface area contributed by atoms with E-state index in [4.69, 9.17) is 5.73 Å². The molecule has 1 aromatic carbocycles. The number of carbonyl (C=O) groups is 1. The van der Waals surface area contributed by atoms with Crippen molar-refractivity contribution >= 4 is 29.0 Å².